The van der Waals surface area contributed by atoms with E-state index in [1.807, 2.05) is 11.5 Å². The zero-order chi connectivity index (χ0) is 15.2. The molecule has 21 heavy (non-hydrogen) atoms. The highest BCUT2D eigenvalue weighted by molar-refractivity contribution is 7.99. The standard InChI is InChI=1S/C13H14ClN3O3S/c1-2-17-11(15-16-13(17)21-8-12(18)19)7-20-10-5-3-9(14)4-6-10/h3-6H,2,7-8H2,1H3,(H,18,19)/p+1. The van der Waals surface area contributed by atoms with Crippen LogP contribution >= 0.6 is 23.4 Å². The van der Waals surface area contributed by atoms with Gasteiger partial charge < -0.3 is 9.84 Å². The van der Waals surface area contributed by atoms with Crippen molar-refractivity contribution in [1.29, 1.82) is 0 Å². The highest BCUT2D eigenvalue weighted by Crippen LogP contribution is 2.16. The lowest BCUT2D eigenvalue weighted by Crippen LogP contribution is -2.38. The van der Waals surface area contributed by atoms with Gasteiger partial charge in [-0.05, 0) is 43.0 Å². The number of hydrogen-bond acceptors (Lipinski definition) is 4. The number of ether oxygens (including phenoxy) is 1. The quantitative estimate of drug-likeness (QED) is 0.601. The Morgan fingerprint density at radius 3 is 2.81 bits per heavy atom. The van der Waals surface area contributed by atoms with Gasteiger partial charge in [0.25, 0.3) is 5.82 Å². The van der Waals surface area contributed by atoms with Crippen LogP contribution in [0.15, 0.2) is 29.4 Å². The Balaban J connectivity index is 2.02. The van der Waals surface area contributed by atoms with Gasteiger partial charge in [0.05, 0.1) is 11.6 Å². The van der Waals surface area contributed by atoms with Crippen LogP contribution < -0.4 is 9.30 Å². The summed E-state index contributed by atoms with van der Waals surface area (Å²) in [7, 11) is 0. The number of H-pyrrole nitrogens is 1. The molecule has 0 saturated heterocycles. The minimum absolute atomic E-state index is 0.0255. The molecule has 112 valence electrons. The second-order valence-electron chi connectivity index (χ2n) is 4.12. The molecule has 0 radical (unpaired) electrons. The number of benzene rings is 1. The topological polar surface area (TPSA) is 79.1 Å². The first kappa shape index (κ1) is 15.7. The molecule has 6 nitrogen and oxygen atoms in total. The lowest BCUT2D eigenvalue weighted by Gasteiger charge is -2.04. The molecular formula is C13H15ClN3O3S+. The molecule has 0 fully saturated rings. The smallest absolute Gasteiger partial charge is 0.337 e. The van der Waals surface area contributed by atoms with Crippen molar-refractivity contribution in [1.82, 2.24) is 10.2 Å². The summed E-state index contributed by atoms with van der Waals surface area (Å²) < 4.78 is 7.54. The third-order valence-corrected chi connectivity index (χ3v) is 3.88. The number of aromatic nitrogens is 3. The van der Waals surface area contributed by atoms with Crippen LogP contribution in [0.1, 0.15) is 12.7 Å². The van der Waals surface area contributed by atoms with E-state index < -0.39 is 5.97 Å². The van der Waals surface area contributed by atoms with Crippen molar-refractivity contribution in [3.63, 3.8) is 0 Å². The molecule has 1 heterocycles. The van der Waals surface area contributed by atoms with E-state index in [1.165, 1.54) is 11.8 Å². The van der Waals surface area contributed by atoms with Gasteiger partial charge in [0.2, 0.25) is 0 Å². The number of carboxylic acids is 1. The molecule has 0 amide bonds. The predicted octanol–water partition coefficient (Wildman–Crippen LogP) is 2.13. The summed E-state index contributed by atoms with van der Waals surface area (Å²) in [6, 6.07) is 7.09. The fourth-order valence-electron chi connectivity index (χ4n) is 1.70. The van der Waals surface area contributed by atoms with Crippen molar-refractivity contribution < 1.29 is 19.2 Å². The molecule has 8 heteroatoms. The number of carbonyl (C=O) groups is 1. The van der Waals surface area contributed by atoms with Gasteiger partial charge in [-0.3, -0.25) is 4.79 Å². The van der Waals surface area contributed by atoms with E-state index in [0.717, 1.165) is 5.82 Å². The molecule has 2 rings (SSSR count). The zero-order valence-electron chi connectivity index (χ0n) is 11.4. The lowest BCUT2D eigenvalue weighted by molar-refractivity contribution is -0.737. The molecule has 0 atom stereocenters. The summed E-state index contributed by atoms with van der Waals surface area (Å²) in [5.41, 5.74) is 0. The van der Waals surface area contributed by atoms with Crippen LogP contribution in [-0.2, 0) is 17.9 Å². The number of halogens is 1. The Labute approximate surface area is 131 Å². The van der Waals surface area contributed by atoms with E-state index in [1.54, 1.807) is 24.3 Å². The minimum atomic E-state index is -0.871. The Kier molecular flexibility index (Phi) is 5.46. The number of nitrogens with zero attached hydrogens (tertiary/aromatic N) is 2. The highest BCUT2D eigenvalue weighted by atomic mass is 35.5. The van der Waals surface area contributed by atoms with E-state index in [2.05, 4.69) is 10.2 Å². The van der Waals surface area contributed by atoms with Crippen molar-refractivity contribution in [2.75, 3.05) is 5.75 Å². The molecule has 0 bridgehead atoms. The molecule has 0 spiro atoms. The molecule has 0 saturated carbocycles. The molecule has 1 aromatic carbocycles. The van der Waals surface area contributed by atoms with Crippen LogP contribution in [0.2, 0.25) is 5.02 Å². The van der Waals surface area contributed by atoms with Crippen molar-refractivity contribution in [3.8, 4) is 5.75 Å². The molecule has 0 aliphatic carbocycles. The molecule has 0 unspecified atom stereocenters. The average molecular weight is 329 g/mol. The van der Waals surface area contributed by atoms with Crippen molar-refractivity contribution >= 4 is 29.3 Å². The minimum Gasteiger partial charge on any atom is -0.482 e. The Bertz CT molecular complexity index is 616. The summed E-state index contributed by atoms with van der Waals surface area (Å²) in [4.78, 5) is 10.6. The number of carboxylic acid groups (broad SMARTS) is 1. The number of aliphatic carboxylic acids is 1. The normalized spacial score (nSPS) is 10.6. The molecule has 2 N–H and O–H groups in total. The average Bonchev–Trinajstić information content (AvgIpc) is 2.86. The van der Waals surface area contributed by atoms with E-state index >= 15 is 0 Å². The highest BCUT2D eigenvalue weighted by Gasteiger charge is 2.20. The van der Waals surface area contributed by atoms with Crippen molar-refractivity contribution in [2.45, 2.75) is 25.2 Å². The summed E-state index contributed by atoms with van der Waals surface area (Å²) in [5.74, 6) is 0.587. The van der Waals surface area contributed by atoms with Gasteiger partial charge in [0.1, 0.15) is 11.5 Å². The predicted molar refractivity (Wildman–Crippen MR) is 78.6 cm³/mol. The first-order valence-electron chi connectivity index (χ1n) is 6.30. The monoisotopic (exact) mass is 328 g/mol. The number of thioether (sulfide) groups is 1. The first-order chi connectivity index (χ1) is 10.1. The van der Waals surface area contributed by atoms with Gasteiger partial charge >= 0.3 is 11.1 Å². The van der Waals surface area contributed by atoms with E-state index in [0.29, 0.717) is 29.1 Å². The third kappa shape index (κ3) is 4.37. The summed E-state index contributed by atoms with van der Waals surface area (Å²) in [6.07, 6.45) is 0. The molecular weight excluding hydrogens is 314 g/mol. The second kappa shape index (κ2) is 7.33. The van der Waals surface area contributed by atoms with Crippen molar-refractivity contribution in [2.24, 2.45) is 0 Å². The maximum atomic E-state index is 10.6. The van der Waals surface area contributed by atoms with Gasteiger partial charge in [0.15, 0.2) is 6.61 Å². The first-order valence-corrected chi connectivity index (χ1v) is 7.66. The number of aromatic amines is 1. The fourth-order valence-corrected chi connectivity index (χ4v) is 2.59. The van der Waals surface area contributed by atoms with Gasteiger partial charge in [-0.25, -0.2) is 4.57 Å². The maximum absolute atomic E-state index is 10.6. The third-order valence-electron chi connectivity index (χ3n) is 2.67. The van der Waals surface area contributed by atoms with Crippen LogP contribution in [-0.4, -0.2) is 27.0 Å². The largest absolute Gasteiger partial charge is 0.482 e. The number of nitrogens with one attached hydrogen (secondary N) is 1. The van der Waals surface area contributed by atoms with Crippen molar-refractivity contribution in [3.05, 3.63) is 35.1 Å². The SMILES string of the molecule is CC[n+]1c(SCC(=O)O)n[nH]c1COc1ccc(Cl)cc1. The van der Waals surface area contributed by atoms with Crippen LogP contribution in [0.4, 0.5) is 0 Å². The molecule has 2 aromatic rings. The fraction of sp³-hybridized carbons (Fsp3) is 0.308. The number of rotatable bonds is 7. The lowest BCUT2D eigenvalue weighted by atomic mass is 10.3. The summed E-state index contributed by atoms with van der Waals surface area (Å²) >= 11 is 6.99. The Hall–Kier alpha value is -1.73. The molecule has 0 aliphatic rings. The van der Waals surface area contributed by atoms with Gasteiger partial charge in [-0.2, -0.15) is 0 Å². The molecule has 1 aromatic heterocycles. The van der Waals surface area contributed by atoms with Crippen LogP contribution in [0.25, 0.3) is 0 Å². The van der Waals surface area contributed by atoms with E-state index in [4.69, 9.17) is 21.4 Å². The van der Waals surface area contributed by atoms with Crippen LogP contribution in [0.5, 0.6) is 5.75 Å². The van der Waals surface area contributed by atoms with Crippen LogP contribution in [0.3, 0.4) is 0 Å². The van der Waals surface area contributed by atoms with Gasteiger partial charge in [-0.1, -0.05) is 11.6 Å². The Morgan fingerprint density at radius 2 is 2.19 bits per heavy atom. The van der Waals surface area contributed by atoms with Crippen LogP contribution in [0, 0.1) is 0 Å². The second-order valence-corrected chi connectivity index (χ2v) is 5.50. The van der Waals surface area contributed by atoms with Gasteiger partial charge in [0, 0.05) is 5.02 Å². The maximum Gasteiger partial charge on any atom is 0.337 e. The summed E-state index contributed by atoms with van der Waals surface area (Å²) in [5, 5.41) is 17.0. The van der Waals surface area contributed by atoms with E-state index in [9.17, 15) is 4.79 Å². The van der Waals surface area contributed by atoms with Gasteiger partial charge in [-0.15, -0.1) is 5.10 Å². The zero-order valence-corrected chi connectivity index (χ0v) is 12.9. The number of hydrogen-bond donors (Lipinski definition) is 2. The molecule has 0 aliphatic heterocycles. The van der Waals surface area contributed by atoms with E-state index in [-0.39, 0.29) is 5.75 Å². The Morgan fingerprint density at radius 1 is 1.48 bits per heavy atom. The summed E-state index contributed by atoms with van der Waals surface area (Å²) in [6.45, 7) is 2.96.